The van der Waals surface area contributed by atoms with Crippen molar-refractivity contribution in [3.05, 3.63) is 35.9 Å². The van der Waals surface area contributed by atoms with Crippen molar-refractivity contribution in [2.45, 2.75) is 39.2 Å². The van der Waals surface area contributed by atoms with Crippen molar-refractivity contribution in [2.75, 3.05) is 7.05 Å². The molecule has 1 N–H and O–H groups in total. The molecule has 0 aromatic heterocycles. The van der Waals surface area contributed by atoms with Gasteiger partial charge in [-0.25, -0.2) is 0 Å². The van der Waals surface area contributed by atoms with Crippen molar-refractivity contribution in [2.24, 2.45) is 11.3 Å². The Hall–Kier alpha value is -0.820. The third kappa shape index (κ3) is 1.49. The van der Waals surface area contributed by atoms with Crippen LogP contribution in [0.2, 0.25) is 0 Å². The standard InChI is InChI=1S/C15H23N/c1-5-15(3)13(11(2)14(15)16-4)12-9-7-6-8-10-12/h6-11,13-14,16H,5H2,1-4H3. The molecule has 1 aromatic carbocycles. The first-order chi connectivity index (χ1) is 7.65. The number of hydrogen-bond donors (Lipinski definition) is 1. The summed E-state index contributed by atoms with van der Waals surface area (Å²) in [4.78, 5) is 0. The quantitative estimate of drug-likeness (QED) is 0.818. The minimum atomic E-state index is 0.412. The summed E-state index contributed by atoms with van der Waals surface area (Å²) >= 11 is 0. The maximum Gasteiger partial charge on any atom is 0.0155 e. The predicted molar refractivity (Wildman–Crippen MR) is 69.6 cm³/mol. The van der Waals surface area contributed by atoms with Gasteiger partial charge >= 0.3 is 0 Å². The molecule has 1 saturated carbocycles. The van der Waals surface area contributed by atoms with Gasteiger partial charge in [0.2, 0.25) is 0 Å². The normalized spacial score (nSPS) is 38.1. The molecule has 16 heavy (non-hydrogen) atoms. The molecule has 2 rings (SSSR count). The average molecular weight is 217 g/mol. The van der Waals surface area contributed by atoms with E-state index < -0.39 is 0 Å². The van der Waals surface area contributed by atoms with Gasteiger partial charge in [-0.15, -0.1) is 0 Å². The highest BCUT2D eigenvalue weighted by Crippen LogP contribution is 2.58. The zero-order chi connectivity index (χ0) is 11.8. The van der Waals surface area contributed by atoms with Crippen molar-refractivity contribution in [1.29, 1.82) is 0 Å². The van der Waals surface area contributed by atoms with E-state index in [1.165, 1.54) is 12.0 Å². The lowest BCUT2D eigenvalue weighted by Gasteiger charge is -2.59. The Bertz CT molecular complexity index is 346. The second-order valence-corrected chi connectivity index (χ2v) is 5.37. The van der Waals surface area contributed by atoms with Crippen LogP contribution in [-0.2, 0) is 0 Å². The number of nitrogens with one attached hydrogen (secondary N) is 1. The summed E-state index contributed by atoms with van der Waals surface area (Å²) in [6.07, 6.45) is 1.24. The molecule has 1 heteroatoms. The molecule has 1 aliphatic carbocycles. The van der Waals surface area contributed by atoms with E-state index in [1.807, 2.05) is 0 Å². The highest BCUT2D eigenvalue weighted by atomic mass is 14.9. The van der Waals surface area contributed by atoms with Gasteiger partial charge in [0.25, 0.3) is 0 Å². The van der Waals surface area contributed by atoms with Crippen LogP contribution >= 0.6 is 0 Å². The van der Waals surface area contributed by atoms with Crippen LogP contribution < -0.4 is 5.32 Å². The summed E-state index contributed by atoms with van der Waals surface area (Å²) < 4.78 is 0. The molecule has 0 saturated heterocycles. The number of rotatable bonds is 3. The lowest BCUT2D eigenvalue weighted by Crippen LogP contribution is -2.61. The first-order valence-electron chi connectivity index (χ1n) is 6.37. The van der Waals surface area contributed by atoms with Crippen molar-refractivity contribution in [3.8, 4) is 0 Å². The van der Waals surface area contributed by atoms with Gasteiger partial charge in [0.05, 0.1) is 0 Å². The lowest BCUT2D eigenvalue weighted by atomic mass is 9.48. The van der Waals surface area contributed by atoms with E-state index in [2.05, 4.69) is 63.5 Å². The van der Waals surface area contributed by atoms with Gasteiger partial charge in [-0.05, 0) is 36.3 Å². The van der Waals surface area contributed by atoms with Crippen LogP contribution in [0.15, 0.2) is 30.3 Å². The van der Waals surface area contributed by atoms with E-state index in [1.54, 1.807) is 0 Å². The van der Waals surface area contributed by atoms with Crippen LogP contribution in [0.5, 0.6) is 0 Å². The third-order valence-electron chi connectivity index (χ3n) is 4.70. The molecule has 0 amide bonds. The summed E-state index contributed by atoms with van der Waals surface area (Å²) in [6, 6.07) is 11.6. The van der Waals surface area contributed by atoms with Crippen molar-refractivity contribution < 1.29 is 0 Å². The van der Waals surface area contributed by atoms with Crippen LogP contribution in [0.4, 0.5) is 0 Å². The average Bonchev–Trinajstić information content (AvgIpc) is 2.30. The third-order valence-corrected chi connectivity index (χ3v) is 4.70. The lowest BCUT2D eigenvalue weighted by molar-refractivity contribution is -0.0154. The maximum absolute atomic E-state index is 3.49. The second-order valence-electron chi connectivity index (χ2n) is 5.37. The molecule has 4 atom stereocenters. The molecule has 4 unspecified atom stereocenters. The Morgan fingerprint density at radius 3 is 2.38 bits per heavy atom. The first kappa shape index (κ1) is 11.7. The van der Waals surface area contributed by atoms with E-state index in [0.717, 1.165) is 5.92 Å². The molecule has 0 bridgehead atoms. The van der Waals surface area contributed by atoms with E-state index in [9.17, 15) is 0 Å². The fraction of sp³-hybridized carbons (Fsp3) is 0.600. The highest BCUT2D eigenvalue weighted by Gasteiger charge is 2.55. The zero-order valence-electron chi connectivity index (χ0n) is 10.8. The van der Waals surface area contributed by atoms with Gasteiger partial charge in [-0.1, -0.05) is 51.1 Å². The number of hydrogen-bond acceptors (Lipinski definition) is 1. The molecule has 0 aliphatic heterocycles. The molecule has 0 radical (unpaired) electrons. The van der Waals surface area contributed by atoms with Crippen LogP contribution in [0.25, 0.3) is 0 Å². The van der Waals surface area contributed by atoms with Crippen LogP contribution in [0.3, 0.4) is 0 Å². The zero-order valence-corrected chi connectivity index (χ0v) is 10.8. The summed E-state index contributed by atoms with van der Waals surface area (Å²) in [5, 5.41) is 3.49. The van der Waals surface area contributed by atoms with Crippen molar-refractivity contribution in [1.82, 2.24) is 5.32 Å². The van der Waals surface area contributed by atoms with Crippen LogP contribution in [0.1, 0.15) is 38.7 Å². The maximum atomic E-state index is 3.49. The summed E-state index contributed by atoms with van der Waals surface area (Å²) in [5.41, 5.74) is 1.92. The van der Waals surface area contributed by atoms with Gasteiger partial charge in [-0.2, -0.15) is 0 Å². The van der Waals surface area contributed by atoms with E-state index >= 15 is 0 Å². The second kappa shape index (κ2) is 4.21. The Morgan fingerprint density at radius 2 is 1.88 bits per heavy atom. The van der Waals surface area contributed by atoms with Gasteiger partial charge in [0, 0.05) is 6.04 Å². The Morgan fingerprint density at radius 1 is 1.25 bits per heavy atom. The van der Waals surface area contributed by atoms with Crippen LogP contribution in [0, 0.1) is 11.3 Å². The fourth-order valence-electron chi connectivity index (χ4n) is 3.85. The summed E-state index contributed by atoms with van der Waals surface area (Å²) in [7, 11) is 2.09. The summed E-state index contributed by atoms with van der Waals surface area (Å²) in [6.45, 7) is 7.11. The van der Waals surface area contributed by atoms with Crippen LogP contribution in [-0.4, -0.2) is 13.1 Å². The molecule has 1 fully saturated rings. The minimum absolute atomic E-state index is 0.412. The fourth-order valence-corrected chi connectivity index (χ4v) is 3.85. The molecule has 88 valence electrons. The van der Waals surface area contributed by atoms with E-state index in [4.69, 9.17) is 0 Å². The highest BCUT2D eigenvalue weighted by molar-refractivity contribution is 5.29. The molecular weight excluding hydrogens is 194 g/mol. The molecule has 0 heterocycles. The smallest absolute Gasteiger partial charge is 0.0155 e. The molecule has 1 nitrogen and oxygen atoms in total. The van der Waals surface area contributed by atoms with Gasteiger partial charge in [0.15, 0.2) is 0 Å². The Kier molecular flexibility index (Phi) is 3.07. The molecule has 1 aromatic rings. The molecule has 1 aliphatic rings. The Balaban J connectivity index is 2.29. The minimum Gasteiger partial charge on any atom is -0.316 e. The SMILES string of the molecule is CCC1(C)C(NC)C(C)C1c1ccccc1. The predicted octanol–water partition coefficient (Wildman–Crippen LogP) is 3.42. The van der Waals surface area contributed by atoms with Gasteiger partial charge in [-0.3, -0.25) is 0 Å². The van der Waals surface area contributed by atoms with E-state index in [-0.39, 0.29) is 0 Å². The number of benzene rings is 1. The van der Waals surface area contributed by atoms with Crippen molar-refractivity contribution >= 4 is 0 Å². The van der Waals surface area contributed by atoms with Gasteiger partial charge in [0.1, 0.15) is 0 Å². The van der Waals surface area contributed by atoms with Crippen molar-refractivity contribution in [3.63, 3.8) is 0 Å². The topological polar surface area (TPSA) is 12.0 Å². The van der Waals surface area contributed by atoms with Gasteiger partial charge < -0.3 is 5.32 Å². The molecule has 0 spiro atoms. The summed E-state index contributed by atoms with van der Waals surface area (Å²) in [5.74, 6) is 1.44. The Labute approximate surface area is 99.3 Å². The monoisotopic (exact) mass is 217 g/mol. The molecular formula is C15H23N. The first-order valence-corrected chi connectivity index (χ1v) is 6.37. The largest absolute Gasteiger partial charge is 0.316 e. The van der Waals surface area contributed by atoms with E-state index in [0.29, 0.717) is 17.4 Å².